The van der Waals surface area contributed by atoms with Gasteiger partial charge in [0.2, 0.25) is 0 Å². The number of imidazole rings is 1. The van der Waals surface area contributed by atoms with Crippen LogP contribution in [0.25, 0.3) is 11.0 Å². The molecule has 1 saturated carbocycles. The molecule has 0 radical (unpaired) electrons. The number of benzene rings is 1. The smallest absolute Gasteiger partial charge is 0.106 e. The molecule has 0 spiro atoms. The molecular weight excluding hydrogens is 222 g/mol. The van der Waals surface area contributed by atoms with Gasteiger partial charge in [-0.2, -0.15) is 0 Å². The van der Waals surface area contributed by atoms with Crippen molar-refractivity contribution < 1.29 is 0 Å². The van der Waals surface area contributed by atoms with Crippen LogP contribution in [0.4, 0.5) is 5.69 Å². The Morgan fingerprint density at radius 1 is 1.39 bits per heavy atom. The number of nitrogen functional groups attached to an aromatic ring is 1. The largest absolute Gasteiger partial charge is 0.399 e. The molecule has 0 saturated heterocycles. The summed E-state index contributed by atoms with van der Waals surface area (Å²) in [6.45, 7) is 6.82. The Morgan fingerprint density at radius 2 is 2.17 bits per heavy atom. The fourth-order valence-corrected chi connectivity index (χ4v) is 3.32. The van der Waals surface area contributed by atoms with E-state index in [4.69, 9.17) is 5.73 Å². The van der Waals surface area contributed by atoms with Crippen molar-refractivity contribution >= 4 is 16.7 Å². The molecule has 1 heterocycles. The SMILES string of the molecule is Cc1nc2cc(N)ccc2n1C1CCC(C)(C)C1. The maximum Gasteiger partial charge on any atom is 0.106 e. The van der Waals surface area contributed by atoms with Gasteiger partial charge < -0.3 is 10.3 Å². The lowest BCUT2D eigenvalue weighted by Gasteiger charge is -2.19. The zero-order chi connectivity index (χ0) is 12.9. The van der Waals surface area contributed by atoms with Crippen molar-refractivity contribution in [2.45, 2.75) is 46.1 Å². The van der Waals surface area contributed by atoms with Crippen LogP contribution in [0.3, 0.4) is 0 Å². The lowest BCUT2D eigenvalue weighted by Crippen LogP contribution is -2.10. The highest BCUT2D eigenvalue weighted by Crippen LogP contribution is 2.44. The summed E-state index contributed by atoms with van der Waals surface area (Å²) in [5, 5.41) is 0. The van der Waals surface area contributed by atoms with Crippen molar-refractivity contribution in [3.63, 3.8) is 0 Å². The number of nitrogens with two attached hydrogens (primary N) is 1. The van der Waals surface area contributed by atoms with Gasteiger partial charge in [0.05, 0.1) is 11.0 Å². The average Bonchev–Trinajstić information content (AvgIpc) is 2.77. The van der Waals surface area contributed by atoms with E-state index in [1.165, 1.54) is 24.8 Å². The van der Waals surface area contributed by atoms with Gasteiger partial charge in [-0.05, 0) is 49.8 Å². The van der Waals surface area contributed by atoms with Crippen molar-refractivity contribution in [2.24, 2.45) is 5.41 Å². The summed E-state index contributed by atoms with van der Waals surface area (Å²) in [6, 6.07) is 6.64. The van der Waals surface area contributed by atoms with Crippen LogP contribution < -0.4 is 5.73 Å². The summed E-state index contributed by atoms with van der Waals surface area (Å²) in [4.78, 5) is 4.65. The van der Waals surface area contributed by atoms with E-state index >= 15 is 0 Å². The highest BCUT2D eigenvalue weighted by Gasteiger charge is 2.33. The molecule has 0 bridgehead atoms. The fraction of sp³-hybridized carbons (Fsp3) is 0.533. The van der Waals surface area contributed by atoms with Crippen molar-refractivity contribution in [1.82, 2.24) is 9.55 Å². The first-order chi connectivity index (χ1) is 8.46. The topological polar surface area (TPSA) is 43.8 Å². The Hall–Kier alpha value is -1.51. The van der Waals surface area contributed by atoms with Crippen molar-refractivity contribution in [3.8, 4) is 0 Å². The number of hydrogen-bond acceptors (Lipinski definition) is 2. The highest BCUT2D eigenvalue weighted by atomic mass is 15.1. The predicted octanol–water partition coefficient (Wildman–Crippen LogP) is 3.68. The van der Waals surface area contributed by atoms with Gasteiger partial charge >= 0.3 is 0 Å². The first-order valence-corrected chi connectivity index (χ1v) is 6.70. The number of anilines is 1. The van der Waals surface area contributed by atoms with Crippen LogP contribution in [0.2, 0.25) is 0 Å². The monoisotopic (exact) mass is 243 g/mol. The Labute approximate surface area is 108 Å². The van der Waals surface area contributed by atoms with Crippen LogP contribution in [0, 0.1) is 12.3 Å². The standard InChI is InChI=1S/C15H21N3/c1-10-17-13-8-11(16)4-5-14(13)18(10)12-6-7-15(2,3)9-12/h4-5,8,12H,6-7,9,16H2,1-3H3. The number of aryl methyl sites for hydroxylation is 1. The summed E-state index contributed by atoms with van der Waals surface area (Å²) in [6.07, 6.45) is 3.79. The lowest BCUT2D eigenvalue weighted by molar-refractivity contribution is 0.359. The molecule has 1 aromatic carbocycles. The Balaban J connectivity index is 2.09. The van der Waals surface area contributed by atoms with Gasteiger partial charge in [0.25, 0.3) is 0 Å². The maximum absolute atomic E-state index is 5.83. The van der Waals surface area contributed by atoms with E-state index in [0.717, 1.165) is 17.0 Å². The van der Waals surface area contributed by atoms with Gasteiger partial charge in [0, 0.05) is 11.7 Å². The molecule has 3 heteroatoms. The fourth-order valence-electron chi connectivity index (χ4n) is 3.32. The molecule has 18 heavy (non-hydrogen) atoms. The van der Waals surface area contributed by atoms with Crippen molar-refractivity contribution in [2.75, 3.05) is 5.73 Å². The normalized spacial score (nSPS) is 22.7. The minimum atomic E-state index is 0.460. The number of rotatable bonds is 1. The van der Waals surface area contributed by atoms with E-state index in [-0.39, 0.29) is 0 Å². The van der Waals surface area contributed by atoms with E-state index < -0.39 is 0 Å². The number of nitrogens with zero attached hydrogens (tertiary/aromatic N) is 2. The minimum absolute atomic E-state index is 0.460. The third-order valence-corrected chi connectivity index (χ3v) is 4.20. The van der Waals surface area contributed by atoms with Crippen molar-refractivity contribution in [1.29, 1.82) is 0 Å². The highest BCUT2D eigenvalue weighted by molar-refractivity contribution is 5.79. The summed E-state index contributed by atoms with van der Waals surface area (Å²) >= 11 is 0. The van der Waals surface area contributed by atoms with E-state index in [1.807, 2.05) is 12.1 Å². The summed E-state index contributed by atoms with van der Waals surface area (Å²) in [7, 11) is 0. The van der Waals surface area contributed by atoms with Crippen LogP contribution in [-0.4, -0.2) is 9.55 Å². The second-order valence-electron chi connectivity index (χ2n) is 6.34. The summed E-state index contributed by atoms with van der Waals surface area (Å²) in [5.41, 5.74) is 9.33. The zero-order valence-electron chi connectivity index (χ0n) is 11.4. The zero-order valence-corrected chi connectivity index (χ0v) is 11.4. The molecule has 96 valence electrons. The molecule has 0 aliphatic heterocycles. The van der Waals surface area contributed by atoms with Gasteiger partial charge in [-0.15, -0.1) is 0 Å². The molecule has 0 amide bonds. The molecule has 1 aliphatic carbocycles. The van der Waals surface area contributed by atoms with Gasteiger partial charge in [0.15, 0.2) is 0 Å². The van der Waals surface area contributed by atoms with E-state index in [2.05, 4.69) is 36.4 Å². The Bertz CT molecular complexity index is 595. The van der Waals surface area contributed by atoms with Crippen molar-refractivity contribution in [3.05, 3.63) is 24.0 Å². The maximum atomic E-state index is 5.83. The number of hydrogen-bond donors (Lipinski definition) is 1. The quantitative estimate of drug-likeness (QED) is 0.776. The molecule has 1 unspecified atom stereocenters. The molecule has 3 rings (SSSR count). The van der Waals surface area contributed by atoms with Crippen LogP contribution in [-0.2, 0) is 0 Å². The average molecular weight is 243 g/mol. The predicted molar refractivity (Wildman–Crippen MR) is 75.6 cm³/mol. The Morgan fingerprint density at radius 3 is 2.83 bits per heavy atom. The minimum Gasteiger partial charge on any atom is -0.399 e. The van der Waals surface area contributed by atoms with Crippen LogP contribution in [0.15, 0.2) is 18.2 Å². The Kier molecular flexibility index (Phi) is 2.40. The third-order valence-electron chi connectivity index (χ3n) is 4.20. The molecule has 1 aliphatic rings. The first-order valence-electron chi connectivity index (χ1n) is 6.70. The number of fused-ring (bicyclic) bond motifs is 1. The van der Waals surface area contributed by atoms with Crippen LogP contribution >= 0.6 is 0 Å². The number of aromatic nitrogens is 2. The van der Waals surface area contributed by atoms with Gasteiger partial charge in [-0.1, -0.05) is 13.8 Å². The van der Waals surface area contributed by atoms with Gasteiger partial charge in [0.1, 0.15) is 5.82 Å². The second kappa shape index (κ2) is 3.74. The molecule has 1 atom stereocenters. The van der Waals surface area contributed by atoms with E-state index in [9.17, 15) is 0 Å². The van der Waals surface area contributed by atoms with Crippen LogP contribution in [0.5, 0.6) is 0 Å². The molecular formula is C15H21N3. The third kappa shape index (κ3) is 1.78. The molecule has 3 nitrogen and oxygen atoms in total. The lowest BCUT2D eigenvalue weighted by atomic mass is 9.92. The summed E-state index contributed by atoms with van der Waals surface area (Å²) < 4.78 is 2.41. The molecule has 2 N–H and O–H groups in total. The van der Waals surface area contributed by atoms with E-state index in [0.29, 0.717) is 11.5 Å². The molecule has 2 aromatic rings. The van der Waals surface area contributed by atoms with Gasteiger partial charge in [-0.3, -0.25) is 0 Å². The molecule has 1 aromatic heterocycles. The first kappa shape index (κ1) is 11.6. The molecule has 1 fully saturated rings. The van der Waals surface area contributed by atoms with Gasteiger partial charge in [-0.25, -0.2) is 4.98 Å². The van der Waals surface area contributed by atoms with E-state index in [1.54, 1.807) is 0 Å². The van der Waals surface area contributed by atoms with Crippen LogP contribution in [0.1, 0.15) is 45.0 Å². The summed E-state index contributed by atoms with van der Waals surface area (Å²) in [5.74, 6) is 1.11. The second-order valence-corrected chi connectivity index (χ2v) is 6.34.